The molecule has 12 heteroatoms. The first-order valence-electron chi connectivity index (χ1n) is 11.3. The number of hydrogen-bond donors (Lipinski definition) is 1. The zero-order chi connectivity index (χ0) is 26.8. The molecular weight excluding hydrogens is 511 g/mol. The zero-order valence-corrected chi connectivity index (χ0v) is 20.6. The van der Waals surface area contributed by atoms with Gasteiger partial charge < -0.3 is 14.6 Å². The van der Waals surface area contributed by atoms with Gasteiger partial charge in [-0.3, -0.25) is 9.59 Å². The van der Waals surface area contributed by atoms with Crippen LogP contribution in [0.5, 0.6) is 0 Å². The third kappa shape index (κ3) is 5.92. The minimum absolute atomic E-state index is 0.0464. The minimum Gasteiger partial charge on any atom is -0.379 e. The first-order valence-corrected chi connectivity index (χ1v) is 12.8. The van der Waals surface area contributed by atoms with Gasteiger partial charge in [-0.2, -0.15) is 17.5 Å². The van der Waals surface area contributed by atoms with E-state index in [0.29, 0.717) is 24.5 Å². The predicted molar refractivity (Wildman–Crippen MR) is 130 cm³/mol. The van der Waals surface area contributed by atoms with Crippen molar-refractivity contribution in [3.8, 4) is 0 Å². The fourth-order valence-electron chi connectivity index (χ4n) is 3.90. The highest BCUT2D eigenvalue weighted by Gasteiger charge is 2.32. The number of sulfonamides is 1. The Bertz CT molecular complexity index is 1450. The minimum atomic E-state index is -4.64. The smallest absolute Gasteiger partial charge is 0.379 e. The molecule has 8 nitrogen and oxygen atoms in total. The molecule has 0 aliphatic carbocycles. The third-order valence-corrected chi connectivity index (χ3v) is 7.80. The normalized spacial score (nSPS) is 14.9. The number of alkyl halides is 3. The summed E-state index contributed by atoms with van der Waals surface area (Å²) in [6.45, 7) is 2.48. The number of nitrogens with zero attached hydrogens (tertiary/aromatic N) is 2. The van der Waals surface area contributed by atoms with Crippen molar-refractivity contribution in [2.45, 2.75) is 24.5 Å². The molecular formula is C25H24F3N3O5S. The summed E-state index contributed by atoms with van der Waals surface area (Å²) >= 11 is 0. The Morgan fingerprint density at radius 3 is 2.35 bits per heavy atom. The highest BCUT2D eigenvalue weighted by Crippen LogP contribution is 2.32. The summed E-state index contributed by atoms with van der Waals surface area (Å²) in [5, 5.41) is 0. The number of aromatic amines is 1. The summed E-state index contributed by atoms with van der Waals surface area (Å²) in [6, 6.07) is 12.8. The number of anilines is 1. The van der Waals surface area contributed by atoms with Crippen LogP contribution in [0.1, 0.15) is 27.2 Å². The van der Waals surface area contributed by atoms with Crippen molar-refractivity contribution in [3.05, 3.63) is 93.4 Å². The van der Waals surface area contributed by atoms with E-state index in [1.54, 1.807) is 6.92 Å². The molecule has 1 aromatic heterocycles. The fourth-order valence-corrected chi connectivity index (χ4v) is 5.31. The Hall–Kier alpha value is -3.48. The van der Waals surface area contributed by atoms with Crippen molar-refractivity contribution in [2.24, 2.45) is 0 Å². The molecule has 196 valence electrons. The van der Waals surface area contributed by atoms with E-state index in [-0.39, 0.29) is 35.8 Å². The van der Waals surface area contributed by atoms with E-state index >= 15 is 0 Å². The van der Waals surface area contributed by atoms with Gasteiger partial charge in [0.05, 0.1) is 30.2 Å². The van der Waals surface area contributed by atoms with E-state index in [9.17, 15) is 31.2 Å². The van der Waals surface area contributed by atoms with Crippen LogP contribution in [0.3, 0.4) is 0 Å². The second-order valence-corrected chi connectivity index (χ2v) is 10.4. The monoisotopic (exact) mass is 535 g/mol. The average Bonchev–Trinajstić information content (AvgIpc) is 2.87. The molecule has 1 saturated heterocycles. The van der Waals surface area contributed by atoms with Crippen LogP contribution in [0, 0.1) is 6.92 Å². The van der Waals surface area contributed by atoms with Crippen molar-refractivity contribution < 1.29 is 31.1 Å². The van der Waals surface area contributed by atoms with Gasteiger partial charge in [-0.25, -0.2) is 8.42 Å². The van der Waals surface area contributed by atoms with Gasteiger partial charge in [-0.1, -0.05) is 18.2 Å². The summed E-state index contributed by atoms with van der Waals surface area (Å²) in [5.41, 5.74) is -0.958. The number of halogens is 3. The van der Waals surface area contributed by atoms with Crippen molar-refractivity contribution in [2.75, 3.05) is 31.2 Å². The molecule has 3 aromatic rings. The number of H-pyrrole nitrogens is 1. The van der Waals surface area contributed by atoms with Crippen LogP contribution in [-0.4, -0.2) is 49.9 Å². The number of ether oxygens (including phenoxy) is 1. The molecule has 0 atom stereocenters. The molecule has 0 spiro atoms. The molecule has 0 saturated carbocycles. The van der Waals surface area contributed by atoms with Crippen LogP contribution >= 0.6 is 0 Å². The van der Waals surface area contributed by atoms with Crippen molar-refractivity contribution >= 4 is 21.6 Å². The molecule has 0 bridgehead atoms. The average molecular weight is 536 g/mol. The van der Waals surface area contributed by atoms with Crippen LogP contribution in [0.4, 0.5) is 18.9 Å². The van der Waals surface area contributed by atoms with Gasteiger partial charge in [0.25, 0.3) is 11.5 Å². The van der Waals surface area contributed by atoms with E-state index in [1.807, 2.05) is 0 Å². The Labute approximate surface area is 211 Å². The maximum Gasteiger partial charge on any atom is 0.416 e. The number of morpholine rings is 1. The Kier molecular flexibility index (Phi) is 7.53. The number of carbonyl (C=O) groups is 1. The van der Waals surface area contributed by atoms with Gasteiger partial charge in [0.15, 0.2) is 0 Å². The van der Waals surface area contributed by atoms with Gasteiger partial charge in [-0.05, 0) is 55.0 Å². The number of pyridine rings is 1. The largest absolute Gasteiger partial charge is 0.416 e. The van der Waals surface area contributed by atoms with E-state index < -0.39 is 33.2 Å². The maximum atomic E-state index is 13.4. The van der Waals surface area contributed by atoms with E-state index in [0.717, 1.165) is 17.0 Å². The summed E-state index contributed by atoms with van der Waals surface area (Å²) < 4.78 is 72.4. The molecule has 1 N–H and O–H groups in total. The van der Waals surface area contributed by atoms with Crippen LogP contribution in [0.25, 0.3) is 0 Å². The third-order valence-electron chi connectivity index (χ3n) is 5.89. The first-order chi connectivity index (χ1) is 17.5. The topological polar surface area (TPSA) is 99.8 Å². The zero-order valence-electron chi connectivity index (χ0n) is 19.8. The lowest BCUT2D eigenvalue weighted by Gasteiger charge is -2.26. The number of aromatic nitrogens is 1. The number of nitrogens with one attached hydrogen (secondary N) is 1. The summed E-state index contributed by atoms with van der Waals surface area (Å²) in [4.78, 5) is 29.4. The summed E-state index contributed by atoms with van der Waals surface area (Å²) in [5.74, 6) is -0.800. The Morgan fingerprint density at radius 2 is 1.73 bits per heavy atom. The van der Waals surface area contributed by atoms with E-state index in [1.165, 1.54) is 52.8 Å². The van der Waals surface area contributed by atoms with Crippen molar-refractivity contribution in [1.29, 1.82) is 0 Å². The van der Waals surface area contributed by atoms with Gasteiger partial charge >= 0.3 is 6.18 Å². The van der Waals surface area contributed by atoms with Crippen LogP contribution in [-0.2, 0) is 27.5 Å². The van der Waals surface area contributed by atoms with Gasteiger partial charge in [0.1, 0.15) is 5.56 Å². The van der Waals surface area contributed by atoms with Gasteiger partial charge in [0, 0.05) is 24.5 Å². The second kappa shape index (κ2) is 10.5. The van der Waals surface area contributed by atoms with Crippen LogP contribution < -0.4 is 10.5 Å². The molecule has 1 aliphatic rings. The summed E-state index contributed by atoms with van der Waals surface area (Å²) in [7, 11) is -3.75. The van der Waals surface area contributed by atoms with Crippen molar-refractivity contribution in [1.82, 2.24) is 9.29 Å². The Morgan fingerprint density at radius 1 is 1.05 bits per heavy atom. The SMILES string of the molecule is Cc1ccc(C(=O)N(Cc2ccc(S(=O)(=O)N3CCOCC3)cc2)c2cccc(C(F)(F)F)c2)c(=O)[nH]1. The summed E-state index contributed by atoms with van der Waals surface area (Å²) in [6.07, 6.45) is -4.64. The lowest BCUT2D eigenvalue weighted by molar-refractivity contribution is -0.137. The highest BCUT2D eigenvalue weighted by molar-refractivity contribution is 7.89. The van der Waals surface area contributed by atoms with E-state index in [4.69, 9.17) is 4.74 Å². The molecule has 1 amide bonds. The predicted octanol–water partition coefficient (Wildman–Crippen LogP) is 3.57. The number of benzene rings is 2. The number of rotatable bonds is 6. The van der Waals surface area contributed by atoms with Gasteiger partial charge in [-0.15, -0.1) is 0 Å². The maximum absolute atomic E-state index is 13.4. The van der Waals surface area contributed by atoms with E-state index in [2.05, 4.69) is 4.98 Å². The van der Waals surface area contributed by atoms with Gasteiger partial charge in [0.2, 0.25) is 10.0 Å². The number of carbonyl (C=O) groups excluding carboxylic acids is 1. The highest BCUT2D eigenvalue weighted by atomic mass is 32.2. The standard InChI is InChI=1S/C25H24F3N3O5S/c1-17-5-10-22(23(32)29-17)24(33)31(20-4-2-3-19(15-20)25(26,27)28)16-18-6-8-21(9-7-18)37(34,35)30-11-13-36-14-12-30/h2-10,15H,11-14,16H2,1H3,(H,29,32). The lowest BCUT2D eigenvalue weighted by atomic mass is 10.1. The fraction of sp³-hybridized carbons (Fsp3) is 0.280. The first kappa shape index (κ1) is 26.6. The molecule has 2 aromatic carbocycles. The number of hydrogen-bond acceptors (Lipinski definition) is 5. The molecule has 0 unspecified atom stereocenters. The second-order valence-electron chi connectivity index (χ2n) is 8.48. The molecule has 4 rings (SSSR count). The quantitative estimate of drug-likeness (QED) is 0.520. The van der Waals surface area contributed by atoms with Crippen LogP contribution in [0.15, 0.2) is 70.4 Å². The molecule has 37 heavy (non-hydrogen) atoms. The molecule has 0 radical (unpaired) electrons. The number of aryl methyl sites for hydroxylation is 1. The Balaban J connectivity index is 1.68. The van der Waals surface area contributed by atoms with Crippen LogP contribution in [0.2, 0.25) is 0 Å². The molecule has 1 aliphatic heterocycles. The molecule has 1 fully saturated rings. The lowest BCUT2D eigenvalue weighted by Crippen LogP contribution is -2.40. The van der Waals surface area contributed by atoms with Crippen molar-refractivity contribution in [3.63, 3.8) is 0 Å². The number of amides is 1. The molecule has 2 heterocycles.